The topological polar surface area (TPSA) is 76.5 Å². The number of likely N-dealkylation sites (N-methyl/N-ethyl adjacent to an activating group) is 1. The highest BCUT2D eigenvalue weighted by Crippen LogP contribution is 2.30. The maximum absolute atomic E-state index is 13.9. The second-order valence-corrected chi connectivity index (χ2v) is 8.85. The fourth-order valence-electron chi connectivity index (χ4n) is 2.71. The molecule has 152 valence electrons. The van der Waals surface area contributed by atoms with Gasteiger partial charge in [-0.3, -0.25) is 9.69 Å². The van der Waals surface area contributed by atoms with Gasteiger partial charge in [0, 0.05) is 12.6 Å². The van der Waals surface area contributed by atoms with Gasteiger partial charge in [0.05, 0.1) is 13.0 Å². The van der Waals surface area contributed by atoms with E-state index in [0.717, 1.165) is 29.5 Å². The maximum Gasteiger partial charge on any atom is 0.233 e. The van der Waals surface area contributed by atoms with Crippen molar-refractivity contribution >= 4 is 33.6 Å². The zero-order valence-electron chi connectivity index (χ0n) is 15.7. The summed E-state index contributed by atoms with van der Waals surface area (Å²) < 4.78 is 39.5. The first-order chi connectivity index (χ1) is 13.8. The summed E-state index contributed by atoms with van der Waals surface area (Å²) in [5.74, 6) is -1.30. The summed E-state index contributed by atoms with van der Waals surface area (Å²) >= 11 is -0.213. The molecule has 1 N–H and O–H groups in total. The molecule has 3 aromatic rings. The quantitative estimate of drug-likeness (QED) is 0.600. The molecule has 2 aromatic carbocycles. The Morgan fingerprint density at radius 2 is 1.93 bits per heavy atom. The molecule has 5 nitrogen and oxygen atoms in total. The van der Waals surface area contributed by atoms with E-state index in [1.807, 2.05) is 0 Å². The van der Waals surface area contributed by atoms with Gasteiger partial charge in [0.25, 0.3) is 0 Å². The molecule has 0 aliphatic rings. The lowest BCUT2D eigenvalue weighted by Gasteiger charge is -2.14. The first kappa shape index (κ1) is 21.4. The van der Waals surface area contributed by atoms with Crippen molar-refractivity contribution in [3.63, 3.8) is 0 Å². The number of carbonyl (C=O) groups excluding carboxylic acids is 1. The average Bonchev–Trinajstić information content (AvgIpc) is 3.14. The van der Waals surface area contributed by atoms with Gasteiger partial charge in [0.15, 0.2) is 5.13 Å². The molecule has 0 saturated carbocycles. The van der Waals surface area contributed by atoms with Gasteiger partial charge in [-0.1, -0.05) is 24.3 Å². The fraction of sp³-hybridized carbons (Fsp3) is 0.200. The monoisotopic (exact) mass is 436 g/mol. The number of aliphatic hydroxyl groups excluding tert-OH is 1. The Morgan fingerprint density at radius 3 is 2.52 bits per heavy atom. The summed E-state index contributed by atoms with van der Waals surface area (Å²) in [6.07, 6.45) is 1.56. The lowest BCUT2D eigenvalue weighted by Crippen LogP contribution is -2.27. The van der Waals surface area contributed by atoms with Crippen molar-refractivity contribution in [3.05, 3.63) is 65.4 Å². The van der Waals surface area contributed by atoms with Crippen LogP contribution in [0.15, 0.2) is 46.7 Å². The largest absolute Gasteiger partial charge is 0.611 e. The van der Waals surface area contributed by atoms with Gasteiger partial charge < -0.3 is 9.66 Å². The Hall–Kier alpha value is -2.33. The molecule has 0 saturated heterocycles. The van der Waals surface area contributed by atoms with E-state index >= 15 is 0 Å². The van der Waals surface area contributed by atoms with Crippen LogP contribution in [-0.2, 0) is 29.0 Å². The van der Waals surface area contributed by atoms with E-state index in [1.165, 1.54) is 11.2 Å². The fourth-order valence-corrected chi connectivity index (χ4v) is 4.64. The minimum Gasteiger partial charge on any atom is -0.611 e. The first-order valence-corrected chi connectivity index (χ1v) is 10.9. The number of aliphatic hydroxyl groups is 1. The number of halogens is 2. The van der Waals surface area contributed by atoms with Crippen LogP contribution in [0.2, 0.25) is 0 Å². The zero-order valence-corrected chi connectivity index (χ0v) is 17.3. The number of rotatable bonds is 6. The normalized spacial score (nSPS) is 12.1. The Bertz CT molecular complexity index is 1020. The molecule has 0 bridgehead atoms. The Kier molecular flexibility index (Phi) is 6.63. The molecular formula is C20H18F2N2O3S2. The van der Waals surface area contributed by atoms with Crippen LogP contribution < -0.4 is 4.90 Å². The third kappa shape index (κ3) is 4.81. The van der Waals surface area contributed by atoms with E-state index in [0.29, 0.717) is 26.2 Å². The third-order valence-corrected chi connectivity index (χ3v) is 6.95. The smallest absolute Gasteiger partial charge is 0.233 e. The van der Waals surface area contributed by atoms with E-state index in [4.69, 9.17) is 0 Å². The molecule has 1 aromatic heterocycles. The van der Waals surface area contributed by atoms with Gasteiger partial charge in [-0.2, -0.15) is 0 Å². The second-order valence-electron chi connectivity index (χ2n) is 6.29. The number of nitrogens with zero attached hydrogens (tertiary/aromatic N) is 2. The number of amides is 1. The van der Waals surface area contributed by atoms with Crippen LogP contribution in [-0.4, -0.2) is 33.9 Å². The summed E-state index contributed by atoms with van der Waals surface area (Å²) in [5.41, 5.74) is 1.65. The molecule has 0 aliphatic carbocycles. The molecule has 0 spiro atoms. The second kappa shape index (κ2) is 9.00. The van der Waals surface area contributed by atoms with Gasteiger partial charge in [-0.25, -0.2) is 13.8 Å². The molecule has 9 heteroatoms. The summed E-state index contributed by atoms with van der Waals surface area (Å²) in [6.45, 7) is -0.356. The summed E-state index contributed by atoms with van der Waals surface area (Å²) in [7, 11) is 1.56. The highest BCUT2D eigenvalue weighted by Gasteiger charge is 2.23. The van der Waals surface area contributed by atoms with Gasteiger partial charge in [-0.15, -0.1) is 0 Å². The third-order valence-electron chi connectivity index (χ3n) is 4.27. The maximum atomic E-state index is 13.9. The Balaban J connectivity index is 1.74. The molecule has 1 amide bonds. The van der Waals surface area contributed by atoms with Crippen LogP contribution >= 0.6 is 11.3 Å². The van der Waals surface area contributed by atoms with Crippen LogP contribution in [0.25, 0.3) is 11.1 Å². The van der Waals surface area contributed by atoms with Crippen molar-refractivity contribution in [2.45, 2.75) is 17.2 Å². The van der Waals surface area contributed by atoms with Crippen LogP contribution in [0, 0.1) is 11.6 Å². The molecule has 1 unspecified atom stereocenters. The lowest BCUT2D eigenvalue weighted by atomic mass is 10.0. The zero-order chi connectivity index (χ0) is 21.1. The van der Waals surface area contributed by atoms with Crippen LogP contribution in [0.4, 0.5) is 13.9 Å². The molecule has 0 radical (unpaired) electrons. The summed E-state index contributed by atoms with van der Waals surface area (Å²) in [4.78, 5) is 18.1. The number of hydrogen-bond acceptors (Lipinski definition) is 5. The van der Waals surface area contributed by atoms with Crippen molar-refractivity contribution < 1.29 is 23.2 Å². The number of aromatic nitrogens is 1. The molecule has 1 atom stereocenters. The van der Waals surface area contributed by atoms with Crippen molar-refractivity contribution in [3.8, 4) is 11.1 Å². The van der Waals surface area contributed by atoms with E-state index in [2.05, 4.69) is 4.98 Å². The van der Waals surface area contributed by atoms with Crippen molar-refractivity contribution in [2.24, 2.45) is 0 Å². The number of carbonyl (C=O) groups is 1. The van der Waals surface area contributed by atoms with E-state index < -0.39 is 22.8 Å². The minimum absolute atomic E-state index is 0.0704. The van der Waals surface area contributed by atoms with E-state index in [1.54, 1.807) is 31.3 Å². The van der Waals surface area contributed by atoms with Crippen LogP contribution in [0.3, 0.4) is 0 Å². The number of thiazole rings is 1. The van der Waals surface area contributed by atoms with Crippen molar-refractivity contribution in [1.82, 2.24) is 4.98 Å². The molecule has 29 heavy (non-hydrogen) atoms. The molecule has 1 heterocycles. The SMILES string of the molecule is CN(C(=O)Cc1ccc(-c2cc(F)ccc2F)cc1)c1nc(CO)c([S+](C)[O-])s1. The van der Waals surface area contributed by atoms with E-state index in [9.17, 15) is 23.2 Å². The molecule has 3 rings (SSSR count). The Morgan fingerprint density at radius 1 is 1.24 bits per heavy atom. The highest BCUT2D eigenvalue weighted by molar-refractivity contribution is 7.92. The molecule has 0 fully saturated rings. The van der Waals surface area contributed by atoms with Gasteiger partial charge in [0.2, 0.25) is 10.1 Å². The minimum atomic E-state index is -1.31. The van der Waals surface area contributed by atoms with Crippen LogP contribution in [0.5, 0.6) is 0 Å². The molecular weight excluding hydrogens is 418 g/mol. The van der Waals surface area contributed by atoms with Gasteiger partial charge >= 0.3 is 0 Å². The predicted octanol–water partition coefficient (Wildman–Crippen LogP) is 3.52. The first-order valence-electron chi connectivity index (χ1n) is 8.55. The highest BCUT2D eigenvalue weighted by atomic mass is 32.2. The summed E-state index contributed by atoms with van der Waals surface area (Å²) in [5, 5.41) is 9.70. The average molecular weight is 437 g/mol. The lowest BCUT2D eigenvalue weighted by molar-refractivity contribution is -0.117. The number of hydrogen-bond donors (Lipinski definition) is 1. The molecule has 0 aliphatic heterocycles. The Labute approximate surface area is 173 Å². The van der Waals surface area contributed by atoms with Crippen LogP contribution in [0.1, 0.15) is 11.3 Å². The number of benzene rings is 2. The number of anilines is 1. The summed E-state index contributed by atoms with van der Waals surface area (Å²) in [6, 6.07) is 9.88. The standard InChI is InChI=1S/C20H18F2N2O3S2/c1-24(20-23-17(11-25)19(28-20)29(2)27)18(26)9-12-3-5-13(6-4-12)15-10-14(21)7-8-16(15)22/h3-8,10,25H,9,11H2,1-2H3. The predicted molar refractivity (Wildman–Crippen MR) is 109 cm³/mol. The van der Waals surface area contributed by atoms with Crippen molar-refractivity contribution in [1.29, 1.82) is 0 Å². The van der Waals surface area contributed by atoms with Crippen molar-refractivity contribution in [2.75, 3.05) is 18.2 Å². The van der Waals surface area contributed by atoms with E-state index in [-0.39, 0.29) is 24.5 Å². The van der Waals surface area contributed by atoms with Gasteiger partial charge in [-0.05, 0) is 51.8 Å². The van der Waals surface area contributed by atoms with Gasteiger partial charge in [0.1, 0.15) is 23.6 Å².